The second-order valence-electron chi connectivity index (χ2n) is 3.54. The number of nitrogens with zero attached hydrogens (tertiary/aromatic N) is 1. The zero-order valence-electron chi connectivity index (χ0n) is 7.82. The minimum absolute atomic E-state index is 0.0745. The van der Waals surface area contributed by atoms with E-state index in [0.29, 0.717) is 24.0 Å². The summed E-state index contributed by atoms with van der Waals surface area (Å²) >= 11 is 1.43. The van der Waals surface area contributed by atoms with Crippen LogP contribution in [0.15, 0.2) is 5.38 Å². The molecule has 1 aliphatic rings. The fourth-order valence-electron chi connectivity index (χ4n) is 1.21. The number of aromatic nitrogens is 1. The molecule has 1 aromatic rings. The molecule has 1 amide bonds. The van der Waals surface area contributed by atoms with E-state index < -0.39 is 0 Å². The Morgan fingerprint density at radius 3 is 3.07 bits per heavy atom. The molecule has 0 aliphatic heterocycles. The second-order valence-corrected chi connectivity index (χ2v) is 4.40. The zero-order valence-corrected chi connectivity index (χ0v) is 8.64. The molecule has 14 heavy (non-hydrogen) atoms. The smallest absolute Gasteiger partial charge is 0.226 e. The SMILES string of the molecule is NCc1csc(NC(=O)CC2CC2)n1. The summed E-state index contributed by atoms with van der Waals surface area (Å²) < 4.78 is 0. The van der Waals surface area contributed by atoms with Crippen LogP contribution in [0.1, 0.15) is 25.0 Å². The highest BCUT2D eigenvalue weighted by Crippen LogP contribution is 2.32. The molecular formula is C9H13N3OS. The molecular weight excluding hydrogens is 198 g/mol. The third-order valence-corrected chi connectivity index (χ3v) is 2.98. The summed E-state index contributed by atoms with van der Waals surface area (Å²) in [4.78, 5) is 15.5. The van der Waals surface area contributed by atoms with Gasteiger partial charge in [-0.25, -0.2) is 4.98 Å². The average molecular weight is 211 g/mol. The van der Waals surface area contributed by atoms with Crippen molar-refractivity contribution in [1.29, 1.82) is 0 Å². The molecule has 1 heterocycles. The highest BCUT2D eigenvalue weighted by atomic mass is 32.1. The van der Waals surface area contributed by atoms with Gasteiger partial charge in [-0.2, -0.15) is 0 Å². The highest BCUT2D eigenvalue weighted by Gasteiger charge is 2.24. The molecule has 76 valence electrons. The van der Waals surface area contributed by atoms with E-state index in [1.165, 1.54) is 24.2 Å². The Labute approximate surface area is 86.5 Å². The molecule has 5 heteroatoms. The van der Waals surface area contributed by atoms with E-state index in [0.717, 1.165) is 5.69 Å². The number of hydrogen-bond acceptors (Lipinski definition) is 4. The number of hydrogen-bond donors (Lipinski definition) is 2. The molecule has 0 radical (unpaired) electrons. The van der Waals surface area contributed by atoms with Crippen molar-refractivity contribution in [2.24, 2.45) is 11.7 Å². The van der Waals surface area contributed by atoms with Gasteiger partial charge in [0.2, 0.25) is 5.91 Å². The number of rotatable bonds is 4. The molecule has 1 fully saturated rings. The molecule has 0 bridgehead atoms. The topological polar surface area (TPSA) is 68.0 Å². The first kappa shape index (κ1) is 9.61. The quantitative estimate of drug-likeness (QED) is 0.789. The van der Waals surface area contributed by atoms with Gasteiger partial charge in [0, 0.05) is 18.3 Å². The predicted octanol–water partition coefficient (Wildman–Crippen LogP) is 1.34. The minimum atomic E-state index is 0.0745. The number of nitrogens with one attached hydrogen (secondary N) is 1. The Morgan fingerprint density at radius 1 is 1.71 bits per heavy atom. The van der Waals surface area contributed by atoms with Crippen molar-refractivity contribution in [3.05, 3.63) is 11.1 Å². The van der Waals surface area contributed by atoms with Crippen LogP contribution in [0, 0.1) is 5.92 Å². The first-order valence-electron chi connectivity index (χ1n) is 4.72. The summed E-state index contributed by atoms with van der Waals surface area (Å²) in [5.41, 5.74) is 6.25. The van der Waals surface area contributed by atoms with Gasteiger partial charge in [0.15, 0.2) is 5.13 Å². The first-order chi connectivity index (χ1) is 6.78. The zero-order chi connectivity index (χ0) is 9.97. The van der Waals surface area contributed by atoms with Crippen LogP contribution >= 0.6 is 11.3 Å². The van der Waals surface area contributed by atoms with Gasteiger partial charge in [0.1, 0.15) is 0 Å². The molecule has 4 nitrogen and oxygen atoms in total. The van der Waals surface area contributed by atoms with Crippen LogP contribution in [0.4, 0.5) is 5.13 Å². The monoisotopic (exact) mass is 211 g/mol. The van der Waals surface area contributed by atoms with Crippen molar-refractivity contribution in [3.8, 4) is 0 Å². The third kappa shape index (κ3) is 2.52. The fraction of sp³-hybridized carbons (Fsp3) is 0.556. The number of thiazole rings is 1. The Bertz CT molecular complexity index is 333. The lowest BCUT2D eigenvalue weighted by Crippen LogP contribution is -2.11. The Morgan fingerprint density at radius 2 is 2.50 bits per heavy atom. The van der Waals surface area contributed by atoms with Gasteiger partial charge in [-0.1, -0.05) is 0 Å². The van der Waals surface area contributed by atoms with Gasteiger partial charge < -0.3 is 11.1 Å². The molecule has 3 N–H and O–H groups in total. The third-order valence-electron chi connectivity index (χ3n) is 2.18. The van der Waals surface area contributed by atoms with Crippen LogP contribution in [0.25, 0.3) is 0 Å². The molecule has 1 aromatic heterocycles. The summed E-state index contributed by atoms with van der Waals surface area (Å²) in [5.74, 6) is 0.689. The standard InChI is InChI=1S/C9H13N3OS/c10-4-7-5-14-9(11-7)12-8(13)3-6-1-2-6/h5-6H,1-4,10H2,(H,11,12,13). The van der Waals surface area contributed by atoms with Gasteiger partial charge in [0.25, 0.3) is 0 Å². The largest absolute Gasteiger partial charge is 0.325 e. The maximum Gasteiger partial charge on any atom is 0.226 e. The number of carbonyl (C=O) groups is 1. The van der Waals surface area contributed by atoms with Crippen molar-refractivity contribution < 1.29 is 4.79 Å². The van der Waals surface area contributed by atoms with Gasteiger partial charge in [-0.3, -0.25) is 4.79 Å². The first-order valence-corrected chi connectivity index (χ1v) is 5.60. The van der Waals surface area contributed by atoms with Crippen molar-refractivity contribution in [3.63, 3.8) is 0 Å². The average Bonchev–Trinajstić information content (AvgIpc) is 2.83. The summed E-state index contributed by atoms with van der Waals surface area (Å²) in [6.45, 7) is 0.426. The fourth-order valence-corrected chi connectivity index (χ4v) is 1.95. The second kappa shape index (κ2) is 4.06. The summed E-state index contributed by atoms with van der Waals surface area (Å²) in [6.07, 6.45) is 3.02. The van der Waals surface area contributed by atoms with Gasteiger partial charge >= 0.3 is 0 Å². The number of anilines is 1. The normalized spacial score (nSPS) is 15.5. The van der Waals surface area contributed by atoms with E-state index in [9.17, 15) is 4.79 Å². The van der Waals surface area contributed by atoms with Gasteiger partial charge in [-0.05, 0) is 18.8 Å². The van der Waals surface area contributed by atoms with Crippen molar-refractivity contribution >= 4 is 22.4 Å². The maximum atomic E-state index is 11.4. The van der Waals surface area contributed by atoms with E-state index in [-0.39, 0.29) is 5.91 Å². The predicted molar refractivity (Wildman–Crippen MR) is 56.0 cm³/mol. The van der Waals surface area contributed by atoms with E-state index in [1.54, 1.807) is 0 Å². The van der Waals surface area contributed by atoms with Crippen molar-refractivity contribution in [2.45, 2.75) is 25.8 Å². The van der Waals surface area contributed by atoms with Crippen LogP contribution in [0.3, 0.4) is 0 Å². The molecule has 2 rings (SSSR count). The molecule has 0 unspecified atom stereocenters. The van der Waals surface area contributed by atoms with Crippen LogP contribution in [-0.4, -0.2) is 10.9 Å². The lowest BCUT2D eigenvalue weighted by molar-refractivity contribution is -0.116. The maximum absolute atomic E-state index is 11.4. The van der Waals surface area contributed by atoms with Crippen LogP contribution in [0.2, 0.25) is 0 Å². The highest BCUT2D eigenvalue weighted by molar-refractivity contribution is 7.13. The van der Waals surface area contributed by atoms with E-state index in [2.05, 4.69) is 10.3 Å². The Kier molecular flexibility index (Phi) is 2.79. The van der Waals surface area contributed by atoms with Gasteiger partial charge in [-0.15, -0.1) is 11.3 Å². The van der Waals surface area contributed by atoms with Crippen molar-refractivity contribution in [1.82, 2.24) is 4.98 Å². The minimum Gasteiger partial charge on any atom is -0.325 e. The van der Waals surface area contributed by atoms with Gasteiger partial charge in [0.05, 0.1) is 5.69 Å². The van der Waals surface area contributed by atoms with E-state index in [1.807, 2.05) is 5.38 Å². The van der Waals surface area contributed by atoms with Crippen LogP contribution in [0.5, 0.6) is 0 Å². The molecule has 0 saturated heterocycles. The van der Waals surface area contributed by atoms with E-state index in [4.69, 9.17) is 5.73 Å². The summed E-state index contributed by atoms with van der Waals surface area (Å²) in [6, 6.07) is 0. The van der Waals surface area contributed by atoms with E-state index >= 15 is 0 Å². The number of nitrogens with two attached hydrogens (primary N) is 1. The molecule has 0 atom stereocenters. The van der Waals surface area contributed by atoms with Crippen LogP contribution in [-0.2, 0) is 11.3 Å². The number of amides is 1. The summed E-state index contributed by atoms with van der Waals surface area (Å²) in [7, 11) is 0. The lowest BCUT2D eigenvalue weighted by atomic mass is 10.3. The van der Waals surface area contributed by atoms with Crippen molar-refractivity contribution in [2.75, 3.05) is 5.32 Å². The number of carbonyl (C=O) groups excluding carboxylic acids is 1. The Balaban J connectivity index is 1.85. The van der Waals surface area contributed by atoms with Crippen LogP contribution < -0.4 is 11.1 Å². The molecule has 1 saturated carbocycles. The Hall–Kier alpha value is -0.940. The molecule has 1 aliphatic carbocycles. The molecule has 0 aromatic carbocycles. The summed E-state index contributed by atoms with van der Waals surface area (Å²) in [5, 5.41) is 5.31. The molecule has 0 spiro atoms. The lowest BCUT2D eigenvalue weighted by Gasteiger charge is -1.98.